The number of para-hydroxylation sites is 1. The molecule has 2 atom stereocenters. The van der Waals surface area contributed by atoms with Crippen molar-refractivity contribution >= 4 is 17.5 Å². The molecular weight excluding hydrogens is 280 g/mol. The molecule has 0 radical (unpaired) electrons. The molecule has 0 saturated carbocycles. The number of carbonyl (C=O) groups excluding carboxylic acids is 2. The molecule has 5 nitrogen and oxygen atoms in total. The van der Waals surface area contributed by atoms with Gasteiger partial charge in [-0.15, -0.1) is 0 Å². The normalized spacial score (nSPS) is 23.9. The van der Waals surface area contributed by atoms with E-state index in [9.17, 15) is 9.59 Å². The number of amides is 2. The molecule has 0 unspecified atom stereocenters. The monoisotopic (exact) mass is 296 g/mol. The summed E-state index contributed by atoms with van der Waals surface area (Å²) in [5.41, 5.74) is 1.49. The predicted octanol–water partition coefficient (Wildman–Crippen LogP) is 2.01. The van der Waals surface area contributed by atoms with Crippen LogP contribution in [0.5, 0.6) is 0 Å². The molecule has 2 aliphatic rings. The first kappa shape index (κ1) is 13.1. The van der Waals surface area contributed by atoms with E-state index >= 15 is 0 Å². The number of fused-ring (bicyclic) bond motifs is 1. The van der Waals surface area contributed by atoms with E-state index in [1.807, 2.05) is 35.2 Å². The van der Waals surface area contributed by atoms with Gasteiger partial charge in [0.1, 0.15) is 6.26 Å². The Hall–Kier alpha value is -2.56. The van der Waals surface area contributed by atoms with Crippen LogP contribution in [-0.2, 0) is 4.79 Å². The average molecular weight is 296 g/mol. The minimum atomic E-state index is -0.0870. The van der Waals surface area contributed by atoms with Crippen molar-refractivity contribution in [2.24, 2.45) is 11.8 Å². The zero-order valence-electron chi connectivity index (χ0n) is 12.0. The van der Waals surface area contributed by atoms with Crippen LogP contribution in [0.4, 0.5) is 5.69 Å². The Morgan fingerprint density at radius 3 is 2.59 bits per heavy atom. The lowest BCUT2D eigenvalue weighted by atomic mass is 10.0. The summed E-state index contributed by atoms with van der Waals surface area (Å²) in [5.74, 6) is 0.195. The van der Waals surface area contributed by atoms with Gasteiger partial charge in [0, 0.05) is 31.2 Å². The van der Waals surface area contributed by atoms with Gasteiger partial charge >= 0.3 is 0 Å². The second-order valence-electron chi connectivity index (χ2n) is 5.87. The highest BCUT2D eigenvalue weighted by Crippen LogP contribution is 2.35. The smallest absolute Gasteiger partial charge is 0.257 e. The largest absolute Gasteiger partial charge is 0.472 e. The number of hydrogen-bond acceptors (Lipinski definition) is 3. The van der Waals surface area contributed by atoms with E-state index in [1.54, 1.807) is 11.0 Å². The molecule has 0 bridgehead atoms. The Balaban J connectivity index is 1.50. The van der Waals surface area contributed by atoms with Gasteiger partial charge in [0.05, 0.1) is 17.7 Å². The molecule has 22 heavy (non-hydrogen) atoms. The highest BCUT2D eigenvalue weighted by Gasteiger charge is 2.47. The molecule has 2 fully saturated rings. The van der Waals surface area contributed by atoms with E-state index in [4.69, 9.17) is 4.42 Å². The second kappa shape index (κ2) is 5.02. The van der Waals surface area contributed by atoms with Crippen molar-refractivity contribution in [1.82, 2.24) is 4.90 Å². The summed E-state index contributed by atoms with van der Waals surface area (Å²) in [4.78, 5) is 28.6. The van der Waals surface area contributed by atoms with E-state index in [2.05, 4.69) is 0 Å². The first-order valence-electron chi connectivity index (χ1n) is 7.42. The minimum Gasteiger partial charge on any atom is -0.472 e. The van der Waals surface area contributed by atoms with E-state index in [1.165, 1.54) is 12.5 Å². The zero-order valence-corrected chi connectivity index (χ0v) is 12.0. The van der Waals surface area contributed by atoms with Gasteiger partial charge in [0.25, 0.3) is 5.91 Å². The maximum Gasteiger partial charge on any atom is 0.257 e. The quantitative estimate of drug-likeness (QED) is 0.852. The fraction of sp³-hybridized carbons (Fsp3) is 0.294. The molecule has 2 saturated heterocycles. The Morgan fingerprint density at radius 2 is 1.91 bits per heavy atom. The van der Waals surface area contributed by atoms with Crippen LogP contribution in [-0.4, -0.2) is 36.3 Å². The number of furan rings is 1. The topological polar surface area (TPSA) is 53.8 Å². The van der Waals surface area contributed by atoms with Crippen LogP contribution in [0.2, 0.25) is 0 Å². The van der Waals surface area contributed by atoms with Crippen molar-refractivity contribution < 1.29 is 14.0 Å². The van der Waals surface area contributed by atoms with E-state index in [0.717, 1.165) is 5.69 Å². The Labute approximate surface area is 128 Å². The van der Waals surface area contributed by atoms with Crippen LogP contribution in [0.15, 0.2) is 53.3 Å². The summed E-state index contributed by atoms with van der Waals surface area (Å²) in [6, 6.07) is 11.4. The van der Waals surface area contributed by atoms with Gasteiger partial charge < -0.3 is 14.2 Å². The summed E-state index contributed by atoms with van der Waals surface area (Å²) in [6.45, 7) is 1.81. The van der Waals surface area contributed by atoms with E-state index in [-0.39, 0.29) is 23.7 Å². The van der Waals surface area contributed by atoms with Crippen LogP contribution >= 0.6 is 0 Å². The van der Waals surface area contributed by atoms with Gasteiger partial charge in [0.15, 0.2) is 0 Å². The first-order valence-corrected chi connectivity index (χ1v) is 7.42. The number of likely N-dealkylation sites (tertiary alicyclic amines) is 1. The van der Waals surface area contributed by atoms with E-state index < -0.39 is 0 Å². The Kier molecular flexibility index (Phi) is 2.99. The molecule has 0 aliphatic carbocycles. The van der Waals surface area contributed by atoms with E-state index in [0.29, 0.717) is 25.2 Å². The van der Waals surface area contributed by atoms with Gasteiger partial charge in [0.2, 0.25) is 5.91 Å². The lowest BCUT2D eigenvalue weighted by Gasteiger charge is -2.21. The standard InChI is InChI=1S/C17H16N2O3/c20-16(12-6-7-22-11-12)18-8-13-9-19(17(21)15(13)10-18)14-4-2-1-3-5-14/h1-7,11,13,15H,8-10H2/t13-,15+/m0/s1. The van der Waals surface area contributed by atoms with Gasteiger partial charge in [-0.3, -0.25) is 9.59 Å². The molecule has 5 heteroatoms. The molecule has 0 N–H and O–H groups in total. The van der Waals surface area contributed by atoms with Crippen LogP contribution < -0.4 is 4.90 Å². The summed E-state index contributed by atoms with van der Waals surface area (Å²) >= 11 is 0. The van der Waals surface area contributed by atoms with Gasteiger partial charge in [-0.05, 0) is 18.2 Å². The fourth-order valence-corrected chi connectivity index (χ4v) is 3.44. The van der Waals surface area contributed by atoms with Crippen molar-refractivity contribution in [3.63, 3.8) is 0 Å². The highest BCUT2D eigenvalue weighted by atomic mass is 16.3. The maximum atomic E-state index is 12.6. The van der Waals surface area contributed by atoms with Gasteiger partial charge in [-0.2, -0.15) is 0 Å². The number of nitrogens with zero attached hydrogens (tertiary/aromatic N) is 2. The molecule has 2 aromatic rings. The fourth-order valence-electron chi connectivity index (χ4n) is 3.44. The van der Waals surface area contributed by atoms with Gasteiger partial charge in [-0.25, -0.2) is 0 Å². The van der Waals surface area contributed by atoms with Crippen molar-refractivity contribution in [3.05, 3.63) is 54.5 Å². The Morgan fingerprint density at radius 1 is 1.09 bits per heavy atom. The van der Waals surface area contributed by atoms with Crippen LogP contribution in [0, 0.1) is 11.8 Å². The third kappa shape index (κ3) is 2.01. The number of benzene rings is 1. The average Bonchev–Trinajstić information content (AvgIpc) is 3.25. The van der Waals surface area contributed by atoms with Crippen molar-refractivity contribution in [3.8, 4) is 0 Å². The summed E-state index contributed by atoms with van der Waals surface area (Å²) < 4.78 is 4.96. The van der Waals surface area contributed by atoms with Crippen molar-refractivity contribution in [2.75, 3.05) is 24.5 Å². The number of anilines is 1. The molecule has 3 heterocycles. The third-order valence-corrected chi connectivity index (χ3v) is 4.56. The summed E-state index contributed by atoms with van der Waals surface area (Å²) in [5, 5.41) is 0. The summed E-state index contributed by atoms with van der Waals surface area (Å²) in [6.07, 6.45) is 2.95. The predicted molar refractivity (Wildman–Crippen MR) is 80.4 cm³/mol. The third-order valence-electron chi connectivity index (χ3n) is 4.56. The van der Waals surface area contributed by atoms with Gasteiger partial charge in [-0.1, -0.05) is 18.2 Å². The van der Waals surface area contributed by atoms with Crippen molar-refractivity contribution in [1.29, 1.82) is 0 Å². The van der Waals surface area contributed by atoms with Crippen molar-refractivity contribution in [2.45, 2.75) is 0 Å². The lowest BCUT2D eigenvalue weighted by Crippen LogP contribution is -2.35. The lowest BCUT2D eigenvalue weighted by molar-refractivity contribution is -0.120. The molecule has 2 amide bonds. The van der Waals surface area contributed by atoms with Crippen LogP contribution in [0.1, 0.15) is 10.4 Å². The molecular formula is C17H16N2O3. The number of carbonyl (C=O) groups is 2. The molecule has 4 rings (SSSR count). The highest BCUT2D eigenvalue weighted by molar-refractivity contribution is 6.00. The van der Waals surface area contributed by atoms with Crippen LogP contribution in [0.25, 0.3) is 0 Å². The molecule has 112 valence electrons. The van der Waals surface area contributed by atoms with Crippen LogP contribution in [0.3, 0.4) is 0 Å². The minimum absolute atomic E-state index is 0.0535. The maximum absolute atomic E-state index is 12.6. The molecule has 1 aromatic heterocycles. The molecule has 2 aliphatic heterocycles. The zero-order chi connectivity index (χ0) is 15.1. The SMILES string of the molecule is O=C(c1ccoc1)N1C[C@H]2CN(c3ccccc3)C(=O)[C@@H]2C1. The number of hydrogen-bond donors (Lipinski definition) is 0. The second-order valence-corrected chi connectivity index (χ2v) is 5.87. The molecule has 1 aromatic carbocycles. The summed E-state index contributed by atoms with van der Waals surface area (Å²) in [7, 11) is 0. The number of rotatable bonds is 2. The first-order chi connectivity index (χ1) is 10.7. The Bertz CT molecular complexity index is 696. The molecule has 0 spiro atoms.